The molecule has 1 N–H and O–H groups in total. The van der Waals surface area contributed by atoms with Crippen molar-refractivity contribution in [3.8, 4) is 0 Å². The van der Waals surface area contributed by atoms with Crippen LogP contribution in [0, 0.1) is 6.92 Å². The van der Waals surface area contributed by atoms with Gasteiger partial charge >= 0.3 is 0 Å². The van der Waals surface area contributed by atoms with Gasteiger partial charge in [0.05, 0.1) is 0 Å². The fraction of sp³-hybridized carbons (Fsp3) is 0.0833. The van der Waals surface area contributed by atoms with Crippen molar-refractivity contribution in [3.05, 3.63) is 54.1 Å². The van der Waals surface area contributed by atoms with E-state index >= 15 is 0 Å². The summed E-state index contributed by atoms with van der Waals surface area (Å²) in [5, 5.41) is 2.74. The van der Waals surface area contributed by atoms with Gasteiger partial charge in [0.2, 0.25) is 0 Å². The molecular weight excluding hydrogens is 202 g/mol. The molecule has 0 radical (unpaired) electrons. The second kappa shape index (κ2) is 4.53. The van der Waals surface area contributed by atoms with E-state index in [1.165, 1.54) is 0 Å². The SMILES string of the molecule is Cc1ccnc(C(=O)Nc2ccncc2)c1. The Morgan fingerprint density at radius 2 is 1.94 bits per heavy atom. The van der Waals surface area contributed by atoms with Gasteiger partial charge in [-0.15, -0.1) is 0 Å². The van der Waals surface area contributed by atoms with Crippen LogP contribution in [0.1, 0.15) is 16.1 Å². The van der Waals surface area contributed by atoms with E-state index in [-0.39, 0.29) is 5.91 Å². The number of aryl methyl sites for hydroxylation is 1. The molecule has 0 spiro atoms. The summed E-state index contributed by atoms with van der Waals surface area (Å²) in [6, 6.07) is 7.06. The maximum Gasteiger partial charge on any atom is 0.274 e. The fourth-order valence-corrected chi connectivity index (χ4v) is 1.29. The van der Waals surface area contributed by atoms with Crippen molar-refractivity contribution in [3.63, 3.8) is 0 Å². The van der Waals surface area contributed by atoms with Crippen LogP contribution < -0.4 is 5.32 Å². The lowest BCUT2D eigenvalue weighted by atomic mass is 10.2. The first-order chi connectivity index (χ1) is 7.75. The van der Waals surface area contributed by atoms with E-state index in [0.29, 0.717) is 11.4 Å². The number of carbonyl (C=O) groups excluding carboxylic acids is 1. The quantitative estimate of drug-likeness (QED) is 0.830. The van der Waals surface area contributed by atoms with Crippen molar-refractivity contribution >= 4 is 11.6 Å². The van der Waals surface area contributed by atoms with Crippen molar-refractivity contribution < 1.29 is 4.79 Å². The predicted molar refractivity (Wildman–Crippen MR) is 61.2 cm³/mol. The molecule has 0 fully saturated rings. The van der Waals surface area contributed by atoms with Crippen LogP contribution in [-0.4, -0.2) is 15.9 Å². The molecule has 0 unspecified atom stereocenters. The number of pyridine rings is 2. The van der Waals surface area contributed by atoms with Crippen molar-refractivity contribution in [2.75, 3.05) is 5.32 Å². The van der Waals surface area contributed by atoms with E-state index in [4.69, 9.17) is 0 Å². The van der Waals surface area contributed by atoms with Gasteiger partial charge in [-0.3, -0.25) is 14.8 Å². The number of rotatable bonds is 2. The molecule has 80 valence electrons. The highest BCUT2D eigenvalue weighted by Crippen LogP contribution is 2.07. The van der Waals surface area contributed by atoms with Gasteiger partial charge in [-0.05, 0) is 36.8 Å². The minimum Gasteiger partial charge on any atom is -0.321 e. The van der Waals surface area contributed by atoms with Crippen LogP contribution in [-0.2, 0) is 0 Å². The Bertz CT molecular complexity index is 497. The zero-order valence-electron chi connectivity index (χ0n) is 8.84. The van der Waals surface area contributed by atoms with Gasteiger partial charge in [-0.1, -0.05) is 0 Å². The van der Waals surface area contributed by atoms with Crippen LogP contribution in [0.2, 0.25) is 0 Å². The standard InChI is InChI=1S/C12H11N3O/c1-9-2-7-14-11(8-9)12(16)15-10-3-5-13-6-4-10/h2-8H,1H3,(H,13,15,16). The third kappa shape index (κ3) is 2.42. The van der Waals surface area contributed by atoms with Gasteiger partial charge in [0, 0.05) is 24.3 Å². The summed E-state index contributed by atoms with van der Waals surface area (Å²) >= 11 is 0. The molecule has 2 heterocycles. The second-order valence-electron chi connectivity index (χ2n) is 3.41. The maximum atomic E-state index is 11.8. The lowest BCUT2D eigenvalue weighted by Gasteiger charge is -2.04. The Hall–Kier alpha value is -2.23. The summed E-state index contributed by atoms with van der Waals surface area (Å²) in [7, 11) is 0. The monoisotopic (exact) mass is 213 g/mol. The first-order valence-corrected chi connectivity index (χ1v) is 4.90. The normalized spacial score (nSPS) is 9.81. The summed E-state index contributed by atoms with van der Waals surface area (Å²) in [5.41, 5.74) is 2.13. The highest BCUT2D eigenvalue weighted by atomic mass is 16.1. The molecule has 2 aromatic rings. The van der Waals surface area contributed by atoms with Crippen LogP contribution in [0.5, 0.6) is 0 Å². The smallest absolute Gasteiger partial charge is 0.274 e. The van der Waals surface area contributed by atoms with Crippen LogP contribution >= 0.6 is 0 Å². The average molecular weight is 213 g/mol. The Morgan fingerprint density at radius 3 is 2.62 bits per heavy atom. The van der Waals surface area contributed by atoms with E-state index in [1.807, 2.05) is 13.0 Å². The average Bonchev–Trinajstić information content (AvgIpc) is 2.30. The van der Waals surface area contributed by atoms with E-state index in [0.717, 1.165) is 5.56 Å². The summed E-state index contributed by atoms with van der Waals surface area (Å²) in [6.45, 7) is 1.92. The largest absolute Gasteiger partial charge is 0.321 e. The molecule has 0 aliphatic rings. The van der Waals surface area contributed by atoms with E-state index in [1.54, 1.807) is 36.8 Å². The summed E-state index contributed by atoms with van der Waals surface area (Å²) in [6.07, 6.45) is 4.87. The van der Waals surface area contributed by atoms with Crippen molar-refractivity contribution in [2.24, 2.45) is 0 Å². The van der Waals surface area contributed by atoms with E-state index < -0.39 is 0 Å². The summed E-state index contributed by atoms with van der Waals surface area (Å²) < 4.78 is 0. The summed E-state index contributed by atoms with van der Waals surface area (Å²) in [4.78, 5) is 19.7. The van der Waals surface area contributed by atoms with Crippen molar-refractivity contribution in [2.45, 2.75) is 6.92 Å². The zero-order valence-corrected chi connectivity index (χ0v) is 8.84. The van der Waals surface area contributed by atoms with Gasteiger partial charge in [-0.25, -0.2) is 0 Å². The molecule has 0 aromatic carbocycles. The minimum absolute atomic E-state index is 0.213. The van der Waals surface area contributed by atoms with Gasteiger partial charge in [0.1, 0.15) is 5.69 Å². The van der Waals surface area contributed by atoms with Crippen molar-refractivity contribution in [1.82, 2.24) is 9.97 Å². The number of amides is 1. The Kier molecular flexibility index (Phi) is 2.91. The van der Waals surface area contributed by atoms with Crippen LogP contribution in [0.4, 0.5) is 5.69 Å². The second-order valence-corrected chi connectivity index (χ2v) is 3.41. The molecule has 0 aliphatic carbocycles. The van der Waals surface area contributed by atoms with Gasteiger partial charge in [-0.2, -0.15) is 0 Å². The first kappa shape index (κ1) is 10.3. The van der Waals surface area contributed by atoms with E-state index in [9.17, 15) is 4.79 Å². The minimum atomic E-state index is -0.213. The highest BCUT2D eigenvalue weighted by molar-refractivity contribution is 6.02. The number of nitrogens with zero attached hydrogens (tertiary/aromatic N) is 2. The molecule has 16 heavy (non-hydrogen) atoms. The topological polar surface area (TPSA) is 54.9 Å². The summed E-state index contributed by atoms with van der Waals surface area (Å²) in [5.74, 6) is -0.213. The molecule has 0 atom stereocenters. The van der Waals surface area contributed by atoms with Crippen LogP contribution in [0.15, 0.2) is 42.9 Å². The molecule has 2 aromatic heterocycles. The zero-order chi connectivity index (χ0) is 11.4. The third-order valence-corrected chi connectivity index (χ3v) is 2.09. The molecule has 0 aliphatic heterocycles. The predicted octanol–water partition coefficient (Wildman–Crippen LogP) is 2.04. The van der Waals surface area contributed by atoms with Gasteiger partial charge in [0.15, 0.2) is 0 Å². The molecule has 1 amide bonds. The molecule has 2 rings (SSSR count). The van der Waals surface area contributed by atoms with Gasteiger partial charge in [0.25, 0.3) is 5.91 Å². The lowest BCUT2D eigenvalue weighted by molar-refractivity contribution is 0.102. The number of hydrogen-bond acceptors (Lipinski definition) is 3. The number of hydrogen-bond donors (Lipinski definition) is 1. The maximum absolute atomic E-state index is 11.8. The Balaban J connectivity index is 2.15. The molecule has 0 saturated heterocycles. The Morgan fingerprint density at radius 1 is 1.19 bits per heavy atom. The Labute approximate surface area is 93.4 Å². The number of anilines is 1. The van der Waals surface area contributed by atoms with Gasteiger partial charge < -0.3 is 5.32 Å². The molecular formula is C12H11N3O. The number of aromatic nitrogens is 2. The van der Waals surface area contributed by atoms with Crippen molar-refractivity contribution in [1.29, 1.82) is 0 Å². The van der Waals surface area contributed by atoms with Crippen LogP contribution in [0.3, 0.4) is 0 Å². The highest BCUT2D eigenvalue weighted by Gasteiger charge is 2.06. The number of carbonyl (C=O) groups is 1. The van der Waals surface area contributed by atoms with Crippen LogP contribution in [0.25, 0.3) is 0 Å². The molecule has 0 saturated carbocycles. The molecule has 4 nitrogen and oxygen atoms in total. The molecule has 4 heteroatoms. The first-order valence-electron chi connectivity index (χ1n) is 4.90. The van der Waals surface area contributed by atoms with E-state index in [2.05, 4.69) is 15.3 Å². The third-order valence-electron chi connectivity index (χ3n) is 2.09. The molecule has 0 bridgehead atoms. The fourth-order valence-electron chi connectivity index (χ4n) is 1.29. The lowest BCUT2D eigenvalue weighted by Crippen LogP contribution is -2.13. The number of nitrogens with one attached hydrogen (secondary N) is 1.